The second-order valence-corrected chi connectivity index (χ2v) is 3.92. The smallest absolute Gasteiger partial charge is 0.0829 e. The lowest BCUT2D eigenvalue weighted by molar-refractivity contribution is 0.177. The molecule has 4 nitrogen and oxygen atoms in total. The number of aliphatic hydroxyl groups is 1. The minimum atomic E-state index is -0.0818. The van der Waals surface area contributed by atoms with E-state index < -0.39 is 0 Å². The Morgan fingerprint density at radius 1 is 1.62 bits per heavy atom. The van der Waals surface area contributed by atoms with Crippen molar-refractivity contribution < 1.29 is 5.11 Å². The van der Waals surface area contributed by atoms with Crippen molar-refractivity contribution >= 4 is 0 Å². The van der Waals surface area contributed by atoms with E-state index in [2.05, 4.69) is 10.3 Å². The van der Waals surface area contributed by atoms with Crippen LogP contribution in [0.5, 0.6) is 0 Å². The Morgan fingerprint density at radius 3 is 3.00 bits per heavy atom. The van der Waals surface area contributed by atoms with E-state index in [9.17, 15) is 5.11 Å². The SMILES string of the molecule is Cn1cc(CC2CCC(O)C2)nn1. The average Bonchev–Trinajstić information content (AvgIpc) is 2.62. The molecule has 1 aromatic rings. The minimum absolute atomic E-state index is 0.0818. The molecular weight excluding hydrogens is 166 g/mol. The molecule has 72 valence electrons. The van der Waals surface area contributed by atoms with Crippen LogP contribution in [0.3, 0.4) is 0 Å². The first-order chi connectivity index (χ1) is 6.24. The van der Waals surface area contributed by atoms with Gasteiger partial charge in [-0.1, -0.05) is 5.21 Å². The Bertz CT molecular complexity index is 284. The van der Waals surface area contributed by atoms with Crippen molar-refractivity contribution in [1.82, 2.24) is 15.0 Å². The second-order valence-electron chi connectivity index (χ2n) is 3.92. The summed E-state index contributed by atoms with van der Waals surface area (Å²) in [5, 5.41) is 17.3. The molecule has 0 saturated heterocycles. The standard InChI is InChI=1S/C9H15N3O/c1-12-6-8(10-11-12)4-7-2-3-9(13)5-7/h6-7,9,13H,2-5H2,1H3. The Kier molecular flexibility index (Phi) is 2.31. The molecule has 0 spiro atoms. The topological polar surface area (TPSA) is 50.9 Å². The summed E-state index contributed by atoms with van der Waals surface area (Å²) in [5.41, 5.74) is 1.04. The molecule has 0 aliphatic heterocycles. The number of rotatable bonds is 2. The molecule has 1 heterocycles. The predicted molar refractivity (Wildman–Crippen MR) is 48.1 cm³/mol. The Balaban J connectivity index is 1.91. The highest BCUT2D eigenvalue weighted by Crippen LogP contribution is 2.27. The van der Waals surface area contributed by atoms with Crippen molar-refractivity contribution in [2.75, 3.05) is 0 Å². The highest BCUT2D eigenvalue weighted by Gasteiger charge is 2.23. The summed E-state index contributed by atoms with van der Waals surface area (Å²) < 4.78 is 1.72. The van der Waals surface area contributed by atoms with Gasteiger partial charge in [-0.05, 0) is 31.6 Å². The molecule has 2 unspecified atom stereocenters. The summed E-state index contributed by atoms with van der Waals surface area (Å²) >= 11 is 0. The molecule has 4 heteroatoms. The van der Waals surface area contributed by atoms with Crippen molar-refractivity contribution in [3.63, 3.8) is 0 Å². The highest BCUT2D eigenvalue weighted by atomic mass is 16.3. The van der Waals surface area contributed by atoms with E-state index in [1.807, 2.05) is 13.2 Å². The maximum atomic E-state index is 9.34. The van der Waals surface area contributed by atoms with Crippen LogP contribution < -0.4 is 0 Å². The molecule has 0 bridgehead atoms. The first-order valence-electron chi connectivity index (χ1n) is 4.77. The Labute approximate surface area is 77.6 Å². The van der Waals surface area contributed by atoms with Gasteiger partial charge in [-0.15, -0.1) is 5.10 Å². The van der Waals surface area contributed by atoms with Gasteiger partial charge in [0.25, 0.3) is 0 Å². The van der Waals surface area contributed by atoms with Crippen molar-refractivity contribution in [3.05, 3.63) is 11.9 Å². The molecular formula is C9H15N3O. The van der Waals surface area contributed by atoms with E-state index in [4.69, 9.17) is 0 Å². The van der Waals surface area contributed by atoms with E-state index in [0.29, 0.717) is 5.92 Å². The monoisotopic (exact) mass is 181 g/mol. The normalized spacial score (nSPS) is 28.2. The van der Waals surface area contributed by atoms with Crippen molar-refractivity contribution in [2.45, 2.75) is 31.8 Å². The molecule has 2 rings (SSSR count). The maximum absolute atomic E-state index is 9.34. The molecule has 1 aromatic heterocycles. The predicted octanol–water partition coefficient (Wildman–Crippen LogP) is 0.519. The van der Waals surface area contributed by atoms with E-state index >= 15 is 0 Å². The average molecular weight is 181 g/mol. The molecule has 13 heavy (non-hydrogen) atoms. The molecule has 2 atom stereocenters. The third-order valence-electron chi connectivity index (χ3n) is 2.66. The maximum Gasteiger partial charge on any atom is 0.0829 e. The quantitative estimate of drug-likeness (QED) is 0.723. The fraction of sp³-hybridized carbons (Fsp3) is 0.778. The largest absolute Gasteiger partial charge is 0.393 e. The summed E-state index contributed by atoms with van der Waals surface area (Å²) in [5.74, 6) is 0.603. The van der Waals surface area contributed by atoms with Crippen LogP contribution in [0.1, 0.15) is 25.0 Å². The minimum Gasteiger partial charge on any atom is -0.393 e. The first kappa shape index (κ1) is 8.69. The van der Waals surface area contributed by atoms with Gasteiger partial charge in [0.2, 0.25) is 0 Å². The zero-order chi connectivity index (χ0) is 9.26. The van der Waals surface area contributed by atoms with Crippen LogP contribution in [0.25, 0.3) is 0 Å². The molecule has 0 aromatic carbocycles. The van der Waals surface area contributed by atoms with E-state index in [0.717, 1.165) is 31.4 Å². The molecule has 1 N–H and O–H groups in total. The van der Waals surface area contributed by atoms with Gasteiger partial charge < -0.3 is 5.11 Å². The summed E-state index contributed by atoms with van der Waals surface area (Å²) in [6.07, 6.45) is 5.83. The van der Waals surface area contributed by atoms with Gasteiger partial charge in [0.15, 0.2) is 0 Å². The molecule has 1 aliphatic rings. The van der Waals surface area contributed by atoms with E-state index in [-0.39, 0.29) is 6.10 Å². The van der Waals surface area contributed by atoms with Crippen LogP contribution in [0.15, 0.2) is 6.20 Å². The lowest BCUT2D eigenvalue weighted by atomic mass is 10.0. The number of nitrogens with zero attached hydrogens (tertiary/aromatic N) is 3. The van der Waals surface area contributed by atoms with Crippen molar-refractivity contribution in [2.24, 2.45) is 13.0 Å². The fourth-order valence-corrected chi connectivity index (χ4v) is 2.02. The van der Waals surface area contributed by atoms with Gasteiger partial charge >= 0.3 is 0 Å². The van der Waals surface area contributed by atoms with Crippen LogP contribution in [-0.4, -0.2) is 26.2 Å². The van der Waals surface area contributed by atoms with Gasteiger partial charge in [0.1, 0.15) is 0 Å². The van der Waals surface area contributed by atoms with Crippen LogP contribution >= 0.6 is 0 Å². The van der Waals surface area contributed by atoms with Crippen molar-refractivity contribution in [1.29, 1.82) is 0 Å². The van der Waals surface area contributed by atoms with Gasteiger partial charge in [0, 0.05) is 13.2 Å². The lowest BCUT2D eigenvalue weighted by Gasteiger charge is -2.04. The zero-order valence-corrected chi connectivity index (χ0v) is 7.85. The third-order valence-corrected chi connectivity index (χ3v) is 2.66. The summed E-state index contributed by atoms with van der Waals surface area (Å²) in [7, 11) is 1.87. The Morgan fingerprint density at radius 2 is 2.46 bits per heavy atom. The van der Waals surface area contributed by atoms with Crippen LogP contribution in [0.4, 0.5) is 0 Å². The zero-order valence-electron chi connectivity index (χ0n) is 7.85. The number of aryl methyl sites for hydroxylation is 1. The molecule has 1 aliphatic carbocycles. The fourth-order valence-electron chi connectivity index (χ4n) is 2.02. The summed E-state index contributed by atoms with van der Waals surface area (Å²) in [6, 6.07) is 0. The van der Waals surface area contributed by atoms with Gasteiger partial charge in [-0.2, -0.15) is 0 Å². The van der Waals surface area contributed by atoms with Crippen LogP contribution in [0.2, 0.25) is 0 Å². The second kappa shape index (κ2) is 3.46. The van der Waals surface area contributed by atoms with Gasteiger partial charge in [-0.25, -0.2) is 0 Å². The molecule has 1 fully saturated rings. The number of hydrogen-bond acceptors (Lipinski definition) is 3. The molecule has 1 saturated carbocycles. The number of hydrogen-bond donors (Lipinski definition) is 1. The number of aliphatic hydroxyl groups excluding tert-OH is 1. The van der Waals surface area contributed by atoms with Crippen molar-refractivity contribution in [3.8, 4) is 0 Å². The first-order valence-corrected chi connectivity index (χ1v) is 4.77. The summed E-state index contributed by atoms with van der Waals surface area (Å²) in [6.45, 7) is 0. The molecule has 0 radical (unpaired) electrons. The van der Waals surface area contributed by atoms with Gasteiger partial charge in [-0.3, -0.25) is 4.68 Å². The Hall–Kier alpha value is -0.900. The van der Waals surface area contributed by atoms with E-state index in [1.54, 1.807) is 4.68 Å². The highest BCUT2D eigenvalue weighted by molar-refractivity contribution is 4.95. The molecule has 0 amide bonds. The van der Waals surface area contributed by atoms with Crippen LogP contribution in [0, 0.1) is 5.92 Å². The number of aromatic nitrogens is 3. The van der Waals surface area contributed by atoms with Crippen LogP contribution in [-0.2, 0) is 13.5 Å². The van der Waals surface area contributed by atoms with Gasteiger partial charge in [0.05, 0.1) is 11.8 Å². The summed E-state index contributed by atoms with van der Waals surface area (Å²) in [4.78, 5) is 0. The lowest BCUT2D eigenvalue weighted by Crippen LogP contribution is -2.03. The third kappa shape index (κ3) is 2.06. The van der Waals surface area contributed by atoms with E-state index in [1.165, 1.54) is 0 Å².